The molecule has 0 unspecified atom stereocenters. The Morgan fingerprint density at radius 1 is 0.971 bits per heavy atom. The van der Waals surface area contributed by atoms with Gasteiger partial charge in [-0.25, -0.2) is 4.39 Å². The lowest BCUT2D eigenvalue weighted by molar-refractivity contribution is -0.384. The third kappa shape index (κ3) is 4.98. The first-order valence-electron chi connectivity index (χ1n) is 11.1. The summed E-state index contributed by atoms with van der Waals surface area (Å²) in [6, 6.07) is 15.7. The van der Waals surface area contributed by atoms with E-state index in [1.165, 1.54) is 25.1 Å². The highest BCUT2D eigenvalue weighted by Crippen LogP contribution is 2.30. The molecule has 1 aliphatic heterocycles. The van der Waals surface area contributed by atoms with E-state index >= 15 is 0 Å². The number of non-ortho nitro benzene ring substituents is 1. The zero-order valence-corrected chi connectivity index (χ0v) is 19.4. The van der Waals surface area contributed by atoms with Gasteiger partial charge in [-0.15, -0.1) is 0 Å². The van der Waals surface area contributed by atoms with Gasteiger partial charge in [-0.3, -0.25) is 19.7 Å². The number of nitrogens with zero attached hydrogens (tertiary/aromatic N) is 3. The molecule has 0 spiro atoms. The van der Waals surface area contributed by atoms with Crippen molar-refractivity contribution in [2.24, 2.45) is 0 Å². The van der Waals surface area contributed by atoms with Crippen molar-refractivity contribution in [3.8, 4) is 16.9 Å². The minimum absolute atomic E-state index is 0.170. The molecule has 0 radical (unpaired) electrons. The first kappa shape index (κ1) is 23.9. The number of carbonyl (C=O) groups excluding carboxylic acids is 2. The number of piperazine rings is 1. The average Bonchev–Trinajstić information content (AvgIpc) is 2.88. The van der Waals surface area contributed by atoms with Crippen LogP contribution in [0.25, 0.3) is 11.1 Å². The number of Topliss-reactive ketones (excluding diaryl/α,β-unsaturated/α-hetero) is 1. The molecule has 8 nitrogen and oxygen atoms in total. The average molecular weight is 477 g/mol. The number of nitro benzene ring substituents is 1. The molecular formula is C26H24FN3O5. The zero-order chi connectivity index (χ0) is 25.1. The van der Waals surface area contributed by atoms with Crippen LogP contribution in [-0.2, 0) is 0 Å². The quantitative estimate of drug-likeness (QED) is 0.293. The predicted molar refractivity (Wildman–Crippen MR) is 130 cm³/mol. The standard InChI is InChI=1S/C26H24FN3O5/c1-17(31)19-5-10-25(24(27)15-19)28-11-13-29(14-12-28)26(32)23-16-20(30(33)34)6-9-22(23)18-3-7-21(35-2)8-4-18/h3-10,15-16H,11-14H2,1-2H3. The fraction of sp³-hybridized carbons (Fsp3) is 0.231. The Morgan fingerprint density at radius 2 is 1.66 bits per heavy atom. The van der Waals surface area contributed by atoms with Crippen LogP contribution in [0.3, 0.4) is 0 Å². The van der Waals surface area contributed by atoms with E-state index in [4.69, 9.17) is 4.74 Å². The molecular weight excluding hydrogens is 453 g/mol. The van der Waals surface area contributed by atoms with E-state index in [9.17, 15) is 24.1 Å². The summed E-state index contributed by atoms with van der Waals surface area (Å²) in [6.07, 6.45) is 0. The number of anilines is 1. The molecule has 3 aromatic carbocycles. The second-order valence-electron chi connectivity index (χ2n) is 8.22. The summed E-state index contributed by atoms with van der Waals surface area (Å²) in [5, 5.41) is 11.4. The van der Waals surface area contributed by atoms with Gasteiger partial charge in [0.1, 0.15) is 11.6 Å². The highest BCUT2D eigenvalue weighted by molar-refractivity contribution is 6.01. The van der Waals surface area contributed by atoms with Gasteiger partial charge in [0.15, 0.2) is 5.78 Å². The number of amides is 1. The number of benzene rings is 3. The smallest absolute Gasteiger partial charge is 0.270 e. The van der Waals surface area contributed by atoms with Crippen LogP contribution in [0.2, 0.25) is 0 Å². The molecule has 4 rings (SSSR count). The SMILES string of the molecule is COc1ccc(-c2ccc([N+](=O)[O-])cc2C(=O)N2CCN(c3ccc(C(C)=O)cc3F)CC2)cc1. The number of methoxy groups -OCH3 is 1. The van der Waals surface area contributed by atoms with Crippen LogP contribution >= 0.6 is 0 Å². The number of hydrogen-bond acceptors (Lipinski definition) is 6. The minimum atomic E-state index is -0.528. The normalized spacial score (nSPS) is 13.5. The summed E-state index contributed by atoms with van der Waals surface area (Å²) in [4.78, 5) is 39.3. The summed E-state index contributed by atoms with van der Waals surface area (Å²) in [5.41, 5.74) is 2.05. The largest absolute Gasteiger partial charge is 0.497 e. The number of ketones is 1. The summed E-state index contributed by atoms with van der Waals surface area (Å²) in [6.45, 7) is 2.78. The topological polar surface area (TPSA) is 93.0 Å². The number of halogens is 1. The fourth-order valence-corrected chi connectivity index (χ4v) is 4.15. The van der Waals surface area contributed by atoms with E-state index in [2.05, 4.69) is 0 Å². The number of rotatable bonds is 6. The molecule has 1 saturated heterocycles. The summed E-state index contributed by atoms with van der Waals surface area (Å²) >= 11 is 0. The first-order chi connectivity index (χ1) is 16.8. The first-order valence-corrected chi connectivity index (χ1v) is 11.1. The Labute approximate surface area is 201 Å². The van der Waals surface area contributed by atoms with E-state index in [1.54, 1.807) is 54.5 Å². The van der Waals surface area contributed by atoms with Gasteiger partial charge in [-0.2, -0.15) is 0 Å². The van der Waals surface area contributed by atoms with Gasteiger partial charge in [-0.1, -0.05) is 12.1 Å². The van der Waals surface area contributed by atoms with Gasteiger partial charge in [0.2, 0.25) is 0 Å². The van der Waals surface area contributed by atoms with Crippen molar-refractivity contribution in [3.63, 3.8) is 0 Å². The Hall–Kier alpha value is -4.27. The lowest BCUT2D eigenvalue weighted by Gasteiger charge is -2.36. The molecule has 0 aromatic heterocycles. The second kappa shape index (κ2) is 9.92. The van der Waals surface area contributed by atoms with Crippen molar-refractivity contribution < 1.29 is 23.6 Å². The molecule has 180 valence electrons. The van der Waals surface area contributed by atoms with Crippen molar-refractivity contribution in [2.75, 3.05) is 38.2 Å². The second-order valence-corrected chi connectivity index (χ2v) is 8.22. The number of hydrogen-bond donors (Lipinski definition) is 0. The molecule has 1 aliphatic rings. The van der Waals surface area contributed by atoms with Crippen molar-refractivity contribution >= 4 is 23.1 Å². The Morgan fingerprint density at radius 3 is 2.23 bits per heavy atom. The van der Waals surface area contributed by atoms with Gasteiger partial charge < -0.3 is 14.5 Å². The number of ether oxygens (including phenoxy) is 1. The number of nitro groups is 1. The Balaban J connectivity index is 1.57. The number of carbonyl (C=O) groups is 2. The van der Waals surface area contributed by atoms with Crippen LogP contribution < -0.4 is 9.64 Å². The molecule has 0 saturated carbocycles. The van der Waals surface area contributed by atoms with E-state index in [1.807, 2.05) is 4.90 Å². The third-order valence-corrected chi connectivity index (χ3v) is 6.11. The maximum absolute atomic E-state index is 14.6. The van der Waals surface area contributed by atoms with Gasteiger partial charge in [0.25, 0.3) is 11.6 Å². The van der Waals surface area contributed by atoms with Crippen LogP contribution in [0.1, 0.15) is 27.6 Å². The molecule has 1 fully saturated rings. The molecule has 0 atom stereocenters. The van der Waals surface area contributed by atoms with Gasteiger partial charge >= 0.3 is 0 Å². The van der Waals surface area contributed by atoms with Crippen LogP contribution in [0.4, 0.5) is 15.8 Å². The molecule has 0 aliphatic carbocycles. The highest BCUT2D eigenvalue weighted by atomic mass is 19.1. The zero-order valence-electron chi connectivity index (χ0n) is 19.4. The molecule has 3 aromatic rings. The third-order valence-electron chi connectivity index (χ3n) is 6.11. The van der Waals surface area contributed by atoms with Crippen molar-refractivity contribution in [1.82, 2.24) is 4.90 Å². The fourth-order valence-electron chi connectivity index (χ4n) is 4.15. The summed E-state index contributed by atoms with van der Waals surface area (Å²) < 4.78 is 19.8. The molecule has 1 heterocycles. The lowest BCUT2D eigenvalue weighted by Crippen LogP contribution is -2.49. The van der Waals surface area contributed by atoms with Crippen LogP contribution in [-0.4, -0.2) is 54.8 Å². The molecule has 0 bridgehead atoms. The van der Waals surface area contributed by atoms with Crippen molar-refractivity contribution in [1.29, 1.82) is 0 Å². The van der Waals surface area contributed by atoms with E-state index in [0.717, 1.165) is 5.56 Å². The summed E-state index contributed by atoms with van der Waals surface area (Å²) in [7, 11) is 1.55. The maximum Gasteiger partial charge on any atom is 0.270 e. The molecule has 9 heteroatoms. The van der Waals surface area contributed by atoms with Gasteiger partial charge in [-0.05, 0) is 54.4 Å². The lowest BCUT2D eigenvalue weighted by atomic mass is 9.97. The van der Waals surface area contributed by atoms with Crippen LogP contribution in [0.15, 0.2) is 60.7 Å². The minimum Gasteiger partial charge on any atom is -0.497 e. The van der Waals surface area contributed by atoms with Crippen molar-refractivity contribution in [2.45, 2.75) is 6.92 Å². The Kier molecular flexibility index (Phi) is 6.77. The predicted octanol–water partition coefficient (Wildman–Crippen LogP) is 4.57. The van der Waals surface area contributed by atoms with E-state index in [0.29, 0.717) is 48.7 Å². The summed E-state index contributed by atoms with van der Waals surface area (Å²) in [5.74, 6) is -0.372. The maximum atomic E-state index is 14.6. The molecule has 0 N–H and O–H groups in total. The van der Waals surface area contributed by atoms with Gasteiger partial charge in [0, 0.05) is 43.9 Å². The van der Waals surface area contributed by atoms with E-state index < -0.39 is 10.7 Å². The Bertz CT molecular complexity index is 1280. The highest BCUT2D eigenvalue weighted by Gasteiger charge is 2.27. The molecule has 35 heavy (non-hydrogen) atoms. The van der Waals surface area contributed by atoms with E-state index in [-0.39, 0.29) is 22.9 Å². The monoisotopic (exact) mass is 477 g/mol. The van der Waals surface area contributed by atoms with Crippen molar-refractivity contribution in [3.05, 3.63) is 87.7 Å². The van der Waals surface area contributed by atoms with Crippen LogP contribution in [0.5, 0.6) is 5.75 Å². The van der Waals surface area contributed by atoms with Gasteiger partial charge in [0.05, 0.1) is 23.3 Å². The van der Waals surface area contributed by atoms with Crippen LogP contribution in [0, 0.1) is 15.9 Å². The molecule has 1 amide bonds.